The molecule has 0 unspecified atom stereocenters. The van der Waals surface area contributed by atoms with Gasteiger partial charge in [-0.3, -0.25) is 9.59 Å². The van der Waals surface area contributed by atoms with Gasteiger partial charge in [0.2, 0.25) is 5.91 Å². The minimum Gasteiger partial charge on any atom is -0.496 e. The first kappa shape index (κ1) is 28.5. The zero-order valence-corrected chi connectivity index (χ0v) is 22.3. The van der Waals surface area contributed by atoms with Crippen LogP contribution in [0.5, 0.6) is 17.2 Å². The van der Waals surface area contributed by atoms with Crippen LogP contribution in [0.25, 0.3) is 0 Å². The average Bonchev–Trinajstić information content (AvgIpc) is 2.94. The summed E-state index contributed by atoms with van der Waals surface area (Å²) in [6, 6.07) is 19.6. The molecule has 0 heterocycles. The second-order valence-corrected chi connectivity index (χ2v) is 8.97. The number of rotatable bonds is 13. The summed E-state index contributed by atoms with van der Waals surface area (Å²) in [5.41, 5.74) is 1.18. The molecular weight excluding hydrogens is 487 g/mol. The van der Waals surface area contributed by atoms with Crippen LogP contribution in [-0.4, -0.2) is 49.6 Å². The Morgan fingerprint density at radius 3 is 2.13 bits per heavy atom. The van der Waals surface area contributed by atoms with Crippen LogP contribution in [0, 0.1) is 5.82 Å². The van der Waals surface area contributed by atoms with Crippen molar-refractivity contribution in [3.05, 3.63) is 89.7 Å². The maximum Gasteiger partial charge on any atom is 0.261 e. The molecule has 3 aromatic rings. The van der Waals surface area contributed by atoms with Crippen LogP contribution in [0.1, 0.15) is 31.4 Å². The summed E-state index contributed by atoms with van der Waals surface area (Å²) in [6.45, 7) is 3.41. The van der Waals surface area contributed by atoms with Gasteiger partial charge in [0.05, 0.1) is 14.2 Å². The lowest BCUT2D eigenvalue weighted by Gasteiger charge is -2.32. The van der Waals surface area contributed by atoms with E-state index in [2.05, 4.69) is 5.32 Å². The molecule has 0 bridgehead atoms. The molecule has 3 aromatic carbocycles. The van der Waals surface area contributed by atoms with Crippen LogP contribution in [0.4, 0.5) is 4.39 Å². The van der Waals surface area contributed by atoms with Crippen molar-refractivity contribution in [2.45, 2.75) is 45.3 Å². The molecule has 8 heteroatoms. The summed E-state index contributed by atoms with van der Waals surface area (Å²) in [6.07, 6.45) is 0.988. The fourth-order valence-corrected chi connectivity index (χ4v) is 3.90. The van der Waals surface area contributed by atoms with Gasteiger partial charge in [-0.2, -0.15) is 0 Å². The number of carbonyl (C=O) groups excluding carboxylic acids is 2. The average molecular weight is 523 g/mol. The van der Waals surface area contributed by atoms with Gasteiger partial charge in [-0.25, -0.2) is 4.39 Å². The van der Waals surface area contributed by atoms with Gasteiger partial charge in [0.1, 0.15) is 29.1 Å². The lowest BCUT2D eigenvalue weighted by molar-refractivity contribution is -0.143. The van der Waals surface area contributed by atoms with Crippen LogP contribution in [0.15, 0.2) is 72.8 Å². The summed E-state index contributed by atoms with van der Waals surface area (Å²) in [5.74, 6) is 0.148. The van der Waals surface area contributed by atoms with Crippen molar-refractivity contribution in [1.82, 2.24) is 10.2 Å². The van der Waals surface area contributed by atoms with Crippen molar-refractivity contribution < 1.29 is 28.2 Å². The summed E-state index contributed by atoms with van der Waals surface area (Å²) >= 11 is 0. The summed E-state index contributed by atoms with van der Waals surface area (Å²) < 4.78 is 31.1. The number of benzene rings is 3. The molecule has 0 saturated heterocycles. The molecule has 0 saturated carbocycles. The number of carbonyl (C=O) groups is 2. The Kier molecular flexibility index (Phi) is 10.5. The van der Waals surface area contributed by atoms with E-state index in [1.165, 1.54) is 25.2 Å². The van der Waals surface area contributed by atoms with Crippen LogP contribution in [-0.2, 0) is 22.6 Å². The highest BCUT2D eigenvalue weighted by atomic mass is 19.1. The van der Waals surface area contributed by atoms with E-state index in [9.17, 15) is 14.0 Å². The van der Waals surface area contributed by atoms with Crippen molar-refractivity contribution in [3.63, 3.8) is 0 Å². The van der Waals surface area contributed by atoms with Crippen molar-refractivity contribution in [2.75, 3.05) is 20.8 Å². The Bertz CT molecular complexity index is 1180. The predicted octanol–water partition coefficient (Wildman–Crippen LogP) is 4.78. The van der Waals surface area contributed by atoms with E-state index >= 15 is 0 Å². The molecule has 7 nitrogen and oxygen atoms in total. The molecule has 202 valence electrons. The Labute approximate surface area is 223 Å². The number of nitrogens with zero attached hydrogens (tertiary/aromatic N) is 1. The molecule has 2 atom stereocenters. The summed E-state index contributed by atoms with van der Waals surface area (Å²) in [4.78, 5) is 28.6. The van der Waals surface area contributed by atoms with Gasteiger partial charge >= 0.3 is 0 Å². The molecule has 2 amide bonds. The number of hydrogen-bond acceptors (Lipinski definition) is 5. The molecule has 0 fully saturated rings. The zero-order chi connectivity index (χ0) is 27.5. The summed E-state index contributed by atoms with van der Waals surface area (Å²) in [5, 5.41) is 2.99. The highest BCUT2D eigenvalue weighted by Gasteiger charge is 2.31. The first-order valence-corrected chi connectivity index (χ1v) is 12.6. The third-order valence-corrected chi connectivity index (χ3v) is 6.26. The second kappa shape index (κ2) is 14.0. The molecule has 3 rings (SSSR count). The molecule has 0 spiro atoms. The number of hydrogen-bond donors (Lipinski definition) is 1. The first-order chi connectivity index (χ1) is 18.3. The number of ether oxygens (including phenoxy) is 3. The van der Waals surface area contributed by atoms with E-state index in [4.69, 9.17) is 14.2 Å². The second-order valence-electron chi connectivity index (χ2n) is 8.97. The van der Waals surface area contributed by atoms with E-state index in [0.29, 0.717) is 22.8 Å². The highest BCUT2D eigenvalue weighted by Crippen LogP contribution is 2.27. The number of methoxy groups -OCH3 is 2. The van der Waals surface area contributed by atoms with Gasteiger partial charge in [0.25, 0.3) is 5.91 Å². The maximum atomic E-state index is 14.7. The normalized spacial score (nSPS) is 12.2. The molecule has 0 radical (unpaired) electrons. The quantitative estimate of drug-likeness (QED) is 0.350. The number of amides is 2. The Morgan fingerprint density at radius 2 is 1.53 bits per heavy atom. The third kappa shape index (κ3) is 7.96. The topological polar surface area (TPSA) is 77.1 Å². The molecular formula is C30H35FN2O5. The van der Waals surface area contributed by atoms with Gasteiger partial charge in [-0.15, -0.1) is 0 Å². The molecule has 0 aliphatic carbocycles. The zero-order valence-electron chi connectivity index (χ0n) is 22.3. The standard InChI is InChI=1S/C30H35FN2O5/c1-5-21(2)32-30(35)28(15-22-11-7-6-8-12-22)33(19-23-13-9-10-14-27(23)31)29(34)20-38-26-17-24(36-3)16-25(18-26)37-4/h6-14,16-18,21,28H,5,15,19-20H2,1-4H3,(H,32,35)/t21-,28+/m0/s1. The van der Waals surface area contributed by atoms with Crippen molar-refractivity contribution in [2.24, 2.45) is 0 Å². The fourth-order valence-electron chi connectivity index (χ4n) is 3.90. The van der Waals surface area contributed by atoms with Gasteiger partial charge in [-0.1, -0.05) is 55.5 Å². The monoisotopic (exact) mass is 522 g/mol. The van der Waals surface area contributed by atoms with E-state index in [1.807, 2.05) is 44.2 Å². The molecule has 0 aliphatic heterocycles. The Hall–Kier alpha value is -4.07. The minimum atomic E-state index is -0.887. The van der Waals surface area contributed by atoms with E-state index < -0.39 is 17.8 Å². The highest BCUT2D eigenvalue weighted by molar-refractivity contribution is 5.88. The fraction of sp³-hybridized carbons (Fsp3) is 0.333. The molecule has 1 N–H and O–H groups in total. The maximum absolute atomic E-state index is 14.7. The van der Waals surface area contributed by atoms with E-state index in [-0.39, 0.29) is 31.5 Å². The lowest BCUT2D eigenvalue weighted by Crippen LogP contribution is -2.53. The Morgan fingerprint density at radius 1 is 0.921 bits per heavy atom. The van der Waals surface area contributed by atoms with Crippen molar-refractivity contribution in [3.8, 4) is 17.2 Å². The van der Waals surface area contributed by atoms with Crippen LogP contribution >= 0.6 is 0 Å². The Balaban J connectivity index is 1.94. The van der Waals surface area contributed by atoms with Crippen LogP contribution in [0.2, 0.25) is 0 Å². The van der Waals surface area contributed by atoms with Crippen LogP contribution < -0.4 is 19.5 Å². The third-order valence-electron chi connectivity index (χ3n) is 6.26. The van der Waals surface area contributed by atoms with Gasteiger partial charge in [0.15, 0.2) is 6.61 Å². The predicted molar refractivity (Wildman–Crippen MR) is 144 cm³/mol. The number of halogens is 1. The summed E-state index contributed by atoms with van der Waals surface area (Å²) in [7, 11) is 3.04. The first-order valence-electron chi connectivity index (χ1n) is 12.6. The van der Waals surface area contributed by atoms with Gasteiger partial charge in [0, 0.05) is 42.8 Å². The van der Waals surface area contributed by atoms with Gasteiger partial charge < -0.3 is 24.4 Å². The van der Waals surface area contributed by atoms with Crippen molar-refractivity contribution in [1.29, 1.82) is 0 Å². The lowest BCUT2D eigenvalue weighted by atomic mass is 10.0. The largest absolute Gasteiger partial charge is 0.496 e. The smallest absolute Gasteiger partial charge is 0.261 e. The van der Waals surface area contributed by atoms with Gasteiger partial charge in [-0.05, 0) is 25.0 Å². The van der Waals surface area contributed by atoms with Crippen molar-refractivity contribution >= 4 is 11.8 Å². The SMILES string of the molecule is CC[C@H](C)NC(=O)[C@@H](Cc1ccccc1)N(Cc1ccccc1F)C(=O)COc1cc(OC)cc(OC)c1. The molecule has 0 aliphatic rings. The number of nitrogens with one attached hydrogen (secondary N) is 1. The van der Waals surface area contributed by atoms with E-state index in [1.54, 1.807) is 36.4 Å². The van der Waals surface area contributed by atoms with Crippen LogP contribution in [0.3, 0.4) is 0 Å². The molecule has 0 aromatic heterocycles. The molecule has 38 heavy (non-hydrogen) atoms. The van der Waals surface area contributed by atoms with E-state index in [0.717, 1.165) is 12.0 Å². The minimum absolute atomic E-state index is 0.0910.